The Morgan fingerprint density at radius 3 is 2.44 bits per heavy atom. The van der Waals surface area contributed by atoms with Crippen LogP contribution in [0.3, 0.4) is 0 Å². The quantitative estimate of drug-likeness (QED) is 0.802. The molecule has 0 aliphatic carbocycles. The third-order valence-electron chi connectivity index (χ3n) is 2.80. The first-order valence-electron chi connectivity index (χ1n) is 6.15. The molecule has 0 bridgehead atoms. The van der Waals surface area contributed by atoms with Crippen LogP contribution in [0.1, 0.15) is 30.9 Å². The van der Waals surface area contributed by atoms with Crippen molar-refractivity contribution < 1.29 is 9.53 Å². The highest BCUT2D eigenvalue weighted by Crippen LogP contribution is 2.14. The van der Waals surface area contributed by atoms with Crippen molar-refractivity contribution in [1.82, 2.24) is 5.32 Å². The minimum absolute atomic E-state index is 0.190. The third kappa shape index (κ3) is 4.47. The summed E-state index contributed by atoms with van der Waals surface area (Å²) < 4.78 is 4.83. The number of carbonyl (C=O) groups is 1. The maximum absolute atomic E-state index is 11.6. The Hall–Kier alpha value is -1.39. The van der Waals surface area contributed by atoms with Gasteiger partial charge < -0.3 is 15.8 Å². The standard InChI is InChI=1S/C14H22N2O2/c1-10(2)12-6-4-11(5-7-12)8-16-14(17)13(15)9-18-3/h4-7,10,13H,8-9,15H2,1-3H3,(H,16,17). The molecule has 4 heteroatoms. The van der Waals surface area contributed by atoms with Crippen molar-refractivity contribution in [2.24, 2.45) is 5.73 Å². The molecule has 1 rings (SSSR count). The number of nitrogens with two attached hydrogens (primary N) is 1. The molecule has 0 radical (unpaired) electrons. The molecule has 0 aliphatic heterocycles. The molecular formula is C14H22N2O2. The van der Waals surface area contributed by atoms with Crippen LogP contribution < -0.4 is 11.1 Å². The van der Waals surface area contributed by atoms with Gasteiger partial charge >= 0.3 is 0 Å². The summed E-state index contributed by atoms with van der Waals surface area (Å²) in [5.41, 5.74) is 7.98. The minimum atomic E-state index is -0.607. The third-order valence-corrected chi connectivity index (χ3v) is 2.80. The molecule has 100 valence electrons. The lowest BCUT2D eigenvalue weighted by atomic mass is 10.0. The van der Waals surface area contributed by atoms with Crippen molar-refractivity contribution in [3.05, 3.63) is 35.4 Å². The van der Waals surface area contributed by atoms with Gasteiger partial charge in [-0.05, 0) is 17.0 Å². The highest BCUT2D eigenvalue weighted by atomic mass is 16.5. The lowest BCUT2D eigenvalue weighted by Gasteiger charge is -2.12. The van der Waals surface area contributed by atoms with E-state index in [1.165, 1.54) is 12.7 Å². The van der Waals surface area contributed by atoms with E-state index in [1.54, 1.807) is 0 Å². The Labute approximate surface area is 109 Å². The summed E-state index contributed by atoms with van der Waals surface area (Å²) in [6, 6.07) is 7.61. The Morgan fingerprint density at radius 2 is 1.94 bits per heavy atom. The number of ether oxygens (including phenoxy) is 1. The normalized spacial score (nSPS) is 12.5. The molecule has 18 heavy (non-hydrogen) atoms. The Balaban J connectivity index is 2.46. The van der Waals surface area contributed by atoms with Crippen molar-refractivity contribution in [1.29, 1.82) is 0 Å². The maximum Gasteiger partial charge on any atom is 0.239 e. The van der Waals surface area contributed by atoms with Crippen LogP contribution >= 0.6 is 0 Å². The van der Waals surface area contributed by atoms with E-state index >= 15 is 0 Å². The van der Waals surface area contributed by atoms with E-state index in [-0.39, 0.29) is 12.5 Å². The van der Waals surface area contributed by atoms with Gasteiger partial charge in [0.25, 0.3) is 0 Å². The number of carbonyl (C=O) groups excluding carboxylic acids is 1. The van der Waals surface area contributed by atoms with Gasteiger partial charge in [0.2, 0.25) is 5.91 Å². The summed E-state index contributed by atoms with van der Waals surface area (Å²) in [4.78, 5) is 11.6. The van der Waals surface area contributed by atoms with Gasteiger partial charge in [-0.2, -0.15) is 0 Å². The van der Waals surface area contributed by atoms with Gasteiger partial charge in [-0.25, -0.2) is 0 Å². The summed E-state index contributed by atoms with van der Waals surface area (Å²) in [7, 11) is 1.53. The molecule has 4 nitrogen and oxygen atoms in total. The van der Waals surface area contributed by atoms with Crippen LogP contribution in [0.15, 0.2) is 24.3 Å². The second-order valence-corrected chi connectivity index (χ2v) is 4.68. The van der Waals surface area contributed by atoms with Gasteiger partial charge in [0, 0.05) is 13.7 Å². The lowest BCUT2D eigenvalue weighted by Crippen LogP contribution is -2.43. The van der Waals surface area contributed by atoms with Crippen LogP contribution in [0, 0.1) is 0 Å². The molecule has 0 spiro atoms. The van der Waals surface area contributed by atoms with Crippen LogP contribution in [0.4, 0.5) is 0 Å². The largest absolute Gasteiger partial charge is 0.383 e. The first kappa shape index (κ1) is 14.7. The van der Waals surface area contributed by atoms with Gasteiger partial charge in [-0.15, -0.1) is 0 Å². The predicted octanol–water partition coefficient (Wildman–Crippen LogP) is 1.40. The molecule has 1 aromatic rings. The molecule has 1 atom stereocenters. The SMILES string of the molecule is COCC(N)C(=O)NCc1ccc(C(C)C)cc1. The fraction of sp³-hybridized carbons (Fsp3) is 0.500. The van der Waals surface area contributed by atoms with E-state index in [4.69, 9.17) is 10.5 Å². The van der Waals surface area contributed by atoms with E-state index in [2.05, 4.69) is 31.3 Å². The highest BCUT2D eigenvalue weighted by molar-refractivity contribution is 5.81. The molecule has 1 aromatic carbocycles. The molecule has 0 heterocycles. The van der Waals surface area contributed by atoms with Crippen molar-refractivity contribution in [2.45, 2.75) is 32.4 Å². The number of nitrogens with one attached hydrogen (secondary N) is 1. The molecule has 0 saturated heterocycles. The Kier molecular flexibility index (Phi) is 5.82. The average Bonchev–Trinajstić information content (AvgIpc) is 2.36. The van der Waals surface area contributed by atoms with Gasteiger partial charge in [-0.3, -0.25) is 4.79 Å². The van der Waals surface area contributed by atoms with Crippen molar-refractivity contribution in [3.63, 3.8) is 0 Å². The Bertz CT molecular complexity index is 374. The second-order valence-electron chi connectivity index (χ2n) is 4.68. The summed E-state index contributed by atoms with van der Waals surface area (Å²) in [5, 5.41) is 2.79. The van der Waals surface area contributed by atoms with Crippen LogP contribution in [0.5, 0.6) is 0 Å². The summed E-state index contributed by atoms with van der Waals surface area (Å²) >= 11 is 0. The fourth-order valence-electron chi connectivity index (χ4n) is 1.60. The van der Waals surface area contributed by atoms with E-state index in [0.29, 0.717) is 12.5 Å². The number of amides is 1. The van der Waals surface area contributed by atoms with Crippen LogP contribution in [0.2, 0.25) is 0 Å². The smallest absolute Gasteiger partial charge is 0.239 e. The van der Waals surface area contributed by atoms with Gasteiger partial charge in [-0.1, -0.05) is 38.1 Å². The van der Waals surface area contributed by atoms with E-state index in [0.717, 1.165) is 5.56 Å². The van der Waals surface area contributed by atoms with Gasteiger partial charge in [0.15, 0.2) is 0 Å². The highest BCUT2D eigenvalue weighted by Gasteiger charge is 2.12. The van der Waals surface area contributed by atoms with Crippen LogP contribution in [-0.4, -0.2) is 25.7 Å². The molecular weight excluding hydrogens is 228 g/mol. The summed E-state index contributed by atoms with van der Waals surface area (Å²) in [5.74, 6) is 0.327. The number of hydrogen-bond acceptors (Lipinski definition) is 3. The van der Waals surface area contributed by atoms with E-state index < -0.39 is 6.04 Å². The fourth-order valence-corrected chi connectivity index (χ4v) is 1.60. The molecule has 0 fully saturated rings. The predicted molar refractivity (Wildman–Crippen MR) is 72.2 cm³/mol. The zero-order valence-electron chi connectivity index (χ0n) is 11.3. The average molecular weight is 250 g/mol. The molecule has 1 unspecified atom stereocenters. The maximum atomic E-state index is 11.6. The molecule has 0 aromatic heterocycles. The number of benzene rings is 1. The number of hydrogen-bond donors (Lipinski definition) is 2. The van der Waals surface area contributed by atoms with Crippen LogP contribution in [0.25, 0.3) is 0 Å². The summed E-state index contributed by atoms with van der Waals surface area (Å²) in [6.07, 6.45) is 0. The van der Waals surface area contributed by atoms with Crippen molar-refractivity contribution in [2.75, 3.05) is 13.7 Å². The molecule has 1 amide bonds. The van der Waals surface area contributed by atoms with Crippen molar-refractivity contribution in [3.8, 4) is 0 Å². The van der Waals surface area contributed by atoms with E-state index in [9.17, 15) is 4.79 Å². The monoisotopic (exact) mass is 250 g/mol. The second kappa shape index (κ2) is 7.13. The first-order chi connectivity index (χ1) is 8.54. The first-order valence-corrected chi connectivity index (χ1v) is 6.15. The van der Waals surface area contributed by atoms with E-state index in [1.807, 2.05) is 12.1 Å². The topological polar surface area (TPSA) is 64.3 Å². The molecule has 0 saturated carbocycles. The van der Waals surface area contributed by atoms with Gasteiger partial charge in [0.1, 0.15) is 6.04 Å². The van der Waals surface area contributed by atoms with Crippen molar-refractivity contribution >= 4 is 5.91 Å². The van der Waals surface area contributed by atoms with Gasteiger partial charge in [0.05, 0.1) is 6.61 Å². The molecule has 0 aliphatic rings. The zero-order chi connectivity index (χ0) is 13.5. The zero-order valence-corrected chi connectivity index (χ0v) is 11.3. The van der Waals surface area contributed by atoms with Crippen LogP contribution in [-0.2, 0) is 16.1 Å². The number of rotatable bonds is 6. The summed E-state index contributed by atoms with van der Waals surface area (Å²) in [6.45, 7) is 5.04. The Morgan fingerprint density at radius 1 is 1.33 bits per heavy atom. The molecule has 3 N–H and O–H groups in total. The lowest BCUT2D eigenvalue weighted by molar-refractivity contribution is -0.123. The number of methoxy groups -OCH3 is 1. The minimum Gasteiger partial charge on any atom is -0.383 e.